The average Bonchev–Trinajstić information content (AvgIpc) is 2.48. The van der Waals surface area contributed by atoms with Gasteiger partial charge in [-0.25, -0.2) is 9.59 Å². The fraction of sp³-hybridized carbons (Fsp3) is 0. The first-order valence-corrected chi connectivity index (χ1v) is 7.13. The van der Waals surface area contributed by atoms with Crippen molar-refractivity contribution in [1.29, 1.82) is 0 Å². The largest absolute Gasteiger partial charge is 0.292 e. The van der Waals surface area contributed by atoms with Gasteiger partial charge in [0.1, 0.15) is 0 Å². The van der Waals surface area contributed by atoms with Crippen molar-refractivity contribution in [3.05, 3.63) is 48.5 Å². The molecule has 2 aromatic rings. The van der Waals surface area contributed by atoms with Crippen molar-refractivity contribution in [2.75, 3.05) is 0 Å². The molecular weight excluding hydrogens is 292 g/mol. The Hall–Kier alpha value is -2.85. The van der Waals surface area contributed by atoms with Crippen LogP contribution >= 0.6 is 0 Å². The van der Waals surface area contributed by atoms with Crippen LogP contribution in [0.5, 0.6) is 0 Å². The van der Waals surface area contributed by atoms with Crippen molar-refractivity contribution in [2.24, 2.45) is 9.39 Å². The average molecular weight is 300 g/mol. The fourth-order valence-electron chi connectivity index (χ4n) is 1.70. The first kappa shape index (κ1) is 14.6. The van der Waals surface area contributed by atoms with Crippen LogP contribution in [0.4, 0.5) is 5.69 Å². The number of rotatable bonds is 4. The molecular formula is C14H8N2O4S. The molecule has 0 heterocycles. The molecule has 0 bridgehead atoms. The maximum atomic E-state index is 11.5. The predicted octanol–water partition coefficient (Wildman–Crippen LogP) is 2.35. The van der Waals surface area contributed by atoms with Crippen LogP contribution in [0.1, 0.15) is 0 Å². The molecule has 0 saturated carbocycles. The molecule has 0 aliphatic carbocycles. The van der Waals surface area contributed by atoms with Crippen LogP contribution in [0, 0.1) is 0 Å². The van der Waals surface area contributed by atoms with Gasteiger partial charge in [0.15, 0.2) is 0 Å². The minimum atomic E-state index is -3.98. The summed E-state index contributed by atoms with van der Waals surface area (Å²) in [6.07, 6.45) is 2.46. The number of aliphatic imine (C=N–C) groups is 1. The summed E-state index contributed by atoms with van der Waals surface area (Å²) in [5.74, 6) is 0. The van der Waals surface area contributed by atoms with E-state index in [1.807, 2.05) is 0 Å². The van der Waals surface area contributed by atoms with Gasteiger partial charge in [0, 0.05) is 0 Å². The molecule has 0 amide bonds. The highest BCUT2D eigenvalue weighted by Crippen LogP contribution is 2.24. The molecule has 0 aliphatic rings. The fourth-order valence-corrected chi connectivity index (χ4v) is 2.39. The first-order valence-electron chi connectivity index (χ1n) is 5.69. The van der Waals surface area contributed by atoms with Crippen molar-refractivity contribution in [2.45, 2.75) is 4.90 Å². The molecule has 7 heteroatoms. The molecule has 6 nitrogen and oxygen atoms in total. The smallest absolute Gasteiger partial charge is 0.211 e. The Balaban J connectivity index is 2.35. The standard InChI is InChI=1S/C14H8N2O4S/c17-9-15-13-5-1-11(2-6-13)12-3-7-14(8-4-12)21(19,20)16-10-18/h1-8H. The maximum Gasteiger partial charge on any atom is 0.292 e. The van der Waals surface area contributed by atoms with Crippen LogP contribution in [-0.2, 0) is 19.6 Å². The molecule has 104 valence electrons. The first-order chi connectivity index (χ1) is 10.1. The molecule has 21 heavy (non-hydrogen) atoms. The number of benzene rings is 2. The van der Waals surface area contributed by atoms with E-state index in [4.69, 9.17) is 0 Å². The number of hydrogen-bond donors (Lipinski definition) is 0. The summed E-state index contributed by atoms with van der Waals surface area (Å²) < 4.78 is 25.8. The van der Waals surface area contributed by atoms with Crippen LogP contribution in [0.2, 0.25) is 0 Å². The quantitative estimate of drug-likeness (QED) is 0.640. The third kappa shape index (κ3) is 3.38. The van der Waals surface area contributed by atoms with Crippen molar-refractivity contribution in [3.8, 4) is 11.1 Å². The summed E-state index contributed by atoms with van der Waals surface area (Å²) >= 11 is 0. The molecule has 0 N–H and O–H groups in total. The molecule has 0 radical (unpaired) electrons. The van der Waals surface area contributed by atoms with E-state index >= 15 is 0 Å². The lowest BCUT2D eigenvalue weighted by atomic mass is 10.1. The molecule has 0 saturated heterocycles. The lowest BCUT2D eigenvalue weighted by molar-refractivity contribution is 0.563. The van der Waals surface area contributed by atoms with E-state index in [1.54, 1.807) is 36.4 Å². The molecule has 0 spiro atoms. The summed E-state index contributed by atoms with van der Waals surface area (Å²) in [4.78, 5) is 23.6. The van der Waals surface area contributed by atoms with Crippen LogP contribution in [0.3, 0.4) is 0 Å². The molecule has 0 aliphatic heterocycles. The third-order valence-corrected chi connectivity index (χ3v) is 3.87. The second-order valence-electron chi connectivity index (χ2n) is 3.93. The van der Waals surface area contributed by atoms with E-state index in [9.17, 15) is 18.0 Å². The van der Waals surface area contributed by atoms with Gasteiger partial charge in [-0.1, -0.05) is 28.7 Å². The minimum absolute atomic E-state index is 0.0863. The van der Waals surface area contributed by atoms with Gasteiger partial charge in [-0.2, -0.15) is 13.4 Å². The van der Waals surface area contributed by atoms with Gasteiger partial charge in [-0.15, -0.1) is 0 Å². The number of isocyanates is 2. The number of hydrogen-bond acceptors (Lipinski definition) is 5. The summed E-state index contributed by atoms with van der Waals surface area (Å²) in [5.41, 5.74) is 2.07. The number of sulfonamides is 1. The third-order valence-electron chi connectivity index (χ3n) is 2.69. The van der Waals surface area contributed by atoms with Crippen LogP contribution in [0.15, 0.2) is 62.8 Å². The van der Waals surface area contributed by atoms with Gasteiger partial charge >= 0.3 is 0 Å². The molecule has 2 rings (SSSR count). The monoisotopic (exact) mass is 300 g/mol. The van der Waals surface area contributed by atoms with E-state index in [1.165, 1.54) is 18.2 Å². The molecule has 0 unspecified atom stereocenters. The zero-order valence-electron chi connectivity index (χ0n) is 10.6. The summed E-state index contributed by atoms with van der Waals surface area (Å²) in [6, 6.07) is 12.6. The van der Waals surface area contributed by atoms with Crippen LogP contribution in [-0.4, -0.2) is 20.6 Å². The lowest BCUT2D eigenvalue weighted by Gasteiger charge is -2.03. The second kappa shape index (κ2) is 6.07. The summed E-state index contributed by atoms with van der Waals surface area (Å²) in [7, 11) is -3.98. The highest BCUT2D eigenvalue weighted by Gasteiger charge is 2.12. The van der Waals surface area contributed by atoms with Gasteiger partial charge in [-0.3, -0.25) is 0 Å². The minimum Gasteiger partial charge on any atom is -0.211 e. The van der Waals surface area contributed by atoms with E-state index in [2.05, 4.69) is 9.39 Å². The van der Waals surface area contributed by atoms with E-state index in [-0.39, 0.29) is 4.90 Å². The number of nitrogens with zero attached hydrogens (tertiary/aromatic N) is 2. The van der Waals surface area contributed by atoms with Crippen molar-refractivity contribution in [1.82, 2.24) is 0 Å². The maximum absolute atomic E-state index is 11.5. The summed E-state index contributed by atoms with van der Waals surface area (Å²) in [5, 5.41) is 0. The summed E-state index contributed by atoms with van der Waals surface area (Å²) in [6.45, 7) is 0. The van der Waals surface area contributed by atoms with Crippen LogP contribution in [0.25, 0.3) is 11.1 Å². The Bertz CT molecular complexity index is 843. The highest BCUT2D eigenvalue weighted by atomic mass is 32.2. The Labute approximate surface area is 120 Å². The van der Waals surface area contributed by atoms with Crippen molar-refractivity contribution < 1.29 is 18.0 Å². The molecule has 2 aromatic carbocycles. The number of carbonyl (C=O) groups excluding carboxylic acids is 2. The van der Waals surface area contributed by atoms with E-state index in [0.29, 0.717) is 5.69 Å². The van der Waals surface area contributed by atoms with Gasteiger partial charge in [0.2, 0.25) is 6.08 Å². The van der Waals surface area contributed by atoms with Gasteiger partial charge < -0.3 is 0 Å². The lowest BCUT2D eigenvalue weighted by Crippen LogP contribution is -1.95. The highest BCUT2D eigenvalue weighted by molar-refractivity contribution is 7.90. The van der Waals surface area contributed by atoms with Gasteiger partial charge in [-0.05, 0) is 35.4 Å². The van der Waals surface area contributed by atoms with Gasteiger partial charge in [0.05, 0.1) is 10.6 Å². The van der Waals surface area contributed by atoms with Gasteiger partial charge in [0.25, 0.3) is 16.1 Å². The predicted molar refractivity (Wildman–Crippen MR) is 75.0 cm³/mol. The van der Waals surface area contributed by atoms with E-state index in [0.717, 1.165) is 17.2 Å². The molecule has 0 aromatic heterocycles. The zero-order chi connectivity index (χ0) is 15.3. The Morgan fingerprint density at radius 1 is 0.762 bits per heavy atom. The topological polar surface area (TPSA) is 93.0 Å². The van der Waals surface area contributed by atoms with Crippen LogP contribution < -0.4 is 0 Å². The SMILES string of the molecule is O=C=Nc1ccc(-c2ccc(S(=O)(=O)N=C=O)cc2)cc1. The molecule has 0 atom stereocenters. The Morgan fingerprint density at radius 2 is 1.29 bits per heavy atom. The van der Waals surface area contributed by atoms with Crippen molar-refractivity contribution >= 4 is 27.9 Å². The molecule has 0 fully saturated rings. The zero-order valence-corrected chi connectivity index (χ0v) is 11.4. The Kier molecular flexibility index (Phi) is 4.21. The van der Waals surface area contributed by atoms with E-state index < -0.39 is 10.0 Å². The second-order valence-corrected chi connectivity index (χ2v) is 5.54. The Morgan fingerprint density at radius 3 is 1.76 bits per heavy atom. The van der Waals surface area contributed by atoms with Crippen molar-refractivity contribution in [3.63, 3.8) is 0 Å². The normalized spacial score (nSPS) is 10.3.